The molecule has 134 valence electrons. The zero-order chi connectivity index (χ0) is 18.1. The molecule has 0 saturated carbocycles. The molecule has 0 aliphatic carbocycles. The van der Waals surface area contributed by atoms with Gasteiger partial charge in [-0.1, -0.05) is 19.9 Å². The lowest BCUT2D eigenvalue weighted by Crippen LogP contribution is -2.39. The third-order valence-electron chi connectivity index (χ3n) is 3.28. The molecule has 5 nitrogen and oxygen atoms in total. The molecule has 25 heavy (non-hydrogen) atoms. The highest BCUT2D eigenvalue weighted by Crippen LogP contribution is 2.19. The van der Waals surface area contributed by atoms with Gasteiger partial charge in [0.25, 0.3) is 0 Å². The number of guanidine groups is 1. The van der Waals surface area contributed by atoms with E-state index >= 15 is 0 Å². The van der Waals surface area contributed by atoms with Gasteiger partial charge in [0.05, 0.1) is 6.54 Å². The van der Waals surface area contributed by atoms with Crippen LogP contribution in [0, 0.1) is 11.7 Å². The Bertz CT molecular complexity index is 669. The van der Waals surface area contributed by atoms with Crippen LogP contribution in [0.4, 0.5) is 4.39 Å². The second-order valence-corrected chi connectivity index (χ2v) is 6.03. The lowest BCUT2D eigenvalue weighted by Gasteiger charge is -2.13. The molecule has 2 aromatic rings. The van der Waals surface area contributed by atoms with Crippen LogP contribution in [-0.2, 0) is 6.54 Å². The Morgan fingerprint density at radius 2 is 1.92 bits per heavy atom. The molecule has 1 heterocycles. The van der Waals surface area contributed by atoms with Crippen LogP contribution in [0.5, 0.6) is 11.6 Å². The van der Waals surface area contributed by atoms with E-state index in [2.05, 4.69) is 34.5 Å². The number of nitrogens with one attached hydrogen (secondary N) is 2. The van der Waals surface area contributed by atoms with Gasteiger partial charge in [0, 0.05) is 25.4 Å². The first-order chi connectivity index (χ1) is 12.1. The molecule has 0 aliphatic heterocycles. The average Bonchev–Trinajstić information content (AvgIpc) is 2.60. The van der Waals surface area contributed by atoms with Gasteiger partial charge in [0.15, 0.2) is 5.96 Å². The Labute approximate surface area is 148 Å². The SMILES string of the molecule is CCNC(=NCc1ccc(Oc2ccc(F)cc2)nc1)NCC(C)C. The van der Waals surface area contributed by atoms with E-state index < -0.39 is 0 Å². The minimum atomic E-state index is -0.295. The van der Waals surface area contributed by atoms with E-state index in [0.717, 1.165) is 24.6 Å². The maximum absolute atomic E-state index is 12.9. The molecule has 0 amide bonds. The maximum Gasteiger partial charge on any atom is 0.219 e. The monoisotopic (exact) mass is 344 g/mol. The summed E-state index contributed by atoms with van der Waals surface area (Å²) in [7, 11) is 0. The number of aromatic nitrogens is 1. The first-order valence-corrected chi connectivity index (χ1v) is 8.47. The number of rotatable bonds is 7. The van der Waals surface area contributed by atoms with Crippen molar-refractivity contribution in [2.45, 2.75) is 27.3 Å². The zero-order valence-electron chi connectivity index (χ0n) is 14.9. The van der Waals surface area contributed by atoms with Gasteiger partial charge >= 0.3 is 0 Å². The molecule has 0 radical (unpaired) electrons. The highest BCUT2D eigenvalue weighted by atomic mass is 19.1. The van der Waals surface area contributed by atoms with Crippen molar-refractivity contribution >= 4 is 5.96 Å². The Balaban J connectivity index is 1.93. The van der Waals surface area contributed by atoms with Crippen molar-refractivity contribution in [3.05, 3.63) is 54.0 Å². The number of hydrogen-bond donors (Lipinski definition) is 2. The summed E-state index contributed by atoms with van der Waals surface area (Å²) in [5, 5.41) is 6.52. The summed E-state index contributed by atoms with van der Waals surface area (Å²) >= 11 is 0. The van der Waals surface area contributed by atoms with Crippen LogP contribution in [0.25, 0.3) is 0 Å². The van der Waals surface area contributed by atoms with Crippen LogP contribution in [0.2, 0.25) is 0 Å². The fourth-order valence-electron chi connectivity index (χ4n) is 2.00. The van der Waals surface area contributed by atoms with Gasteiger partial charge < -0.3 is 15.4 Å². The van der Waals surface area contributed by atoms with Crippen LogP contribution in [0.1, 0.15) is 26.3 Å². The number of benzene rings is 1. The summed E-state index contributed by atoms with van der Waals surface area (Å²) in [5.74, 6) is 2.06. The van der Waals surface area contributed by atoms with Gasteiger partial charge in [-0.15, -0.1) is 0 Å². The summed E-state index contributed by atoms with van der Waals surface area (Å²) in [6, 6.07) is 9.54. The molecule has 0 fully saturated rings. The maximum atomic E-state index is 12.9. The number of nitrogens with zero attached hydrogens (tertiary/aromatic N) is 2. The van der Waals surface area contributed by atoms with Gasteiger partial charge in [-0.05, 0) is 42.7 Å². The smallest absolute Gasteiger partial charge is 0.219 e. The highest BCUT2D eigenvalue weighted by Gasteiger charge is 2.02. The van der Waals surface area contributed by atoms with E-state index in [0.29, 0.717) is 24.1 Å². The molecule has 0 bridgehead atoms. The van der Waals surface area contributed by atoms with E-state index in [9.17, 15) is 4.39 Å². The highest BCUT2D eigenvalue weighted by molar-refractivity contribution is 5.79. The number of halogens is 1. The molecule has 0 spiro atoms. The van der Waals surface area contributed by atoms with Crippen molar-refractivity contribution in [1.82, 2.24) is 15.6 Å². The first kappa shape index (κ1) is 18.7. The fraction of sp³-hybridized carbons (Fsp3) is 0.368. The van der Waals surface area contributed by atoms with Crippen molar-refractivity contribution in [3.63, 3.8) is 0 Å². The van der Waals surface area contributed by atoms with Crippen LogP contribution >= 0.6 is 0 Å². The standard InChI is InChI=1S/C19H25FN4O/c1-4-21-19(23-11-14(2)3)24-13-15-5-10-18(22-12-15)25-17-8-6-16(20)7-9-17/h5-10,12,14H,4,11,13H2,1-3H3,(H2,21,23,24). The van der Waals surface area contributed by atoms with Crippen molar-refractivity contribution in [3.8, 4) is 11.6 Å². The van der Waals surface area contributed by atoms with Crippen molar-refractivity contribution in [2.24, 2.45) is 10.9 Å². The second kappa shape index (κ2) is 9.61. The van der Waals surface area contributed by atoms with Gasteiger partial charge in [-0.3, -0.25) is 0 Å². The molecule has 2 rings (SSSR count). The van der Waals surface area contributed by atoms with E-state index in [1.807, 2.05) is 13.0 Å². The van der Waals surface area contributed by atoms with Crippen molar-refractivity contribution in [2.75, 3.05) is 13.1 Å². The fourth-order valence-corrected chi connectivity index (χ4v) is 2.00. The van der Waals surface area contributed by atoms with Gasteiger partial charge in [-0.25, -0.2) is 14.4 Å². The number of ether oxygens (including phenoxy) is 1. The summed E-state index contributed by atoms with van der Waals surface area (Å²) in [4.78, 5) is 8.82. The predicted octanol–water partition coefficient (Wildman–Crippen LogP) is 3.72. The van der Waals surface area contributed by atoms with Crippen LogP contribution in [0.3, 0.4) is 0 Å². The molecule has 0 aliphatic rings. The van der Waals surface area contributed by atoms with E-state index in [1.165, 1.54) is 12.1 Å². The zero-order valence-corrected chi connectivity index (χ0v) is 14.9. The molecule has 2 N–H and O–H groups in total. The minimum absolute atomic E-state index is 0.295. The van der Waals surface area contributed by atoms with Crippen LogP contribution in [-0.4, -0.2) is 24.0 Å². The van der Waals surface area contributed by atoms with Crippen LogP contribution < -0.4 is 15.4 Å². The molecule has 0 atom stereocenters. The van der Waals surface area contributed by atoms with Gasteiger partial charge in [0.2, 0.25) is 5.88 Å². The third kappa shape index (κ3) is 6.79. The van der Waals surface area contributed by atoms with Crippen LogP contribution in [0.15, 0.2) is 47.6 Å². The van der Waals surface area contributed by atoms with Crippen molar-refractivity contribution < 1.29 is 9.13 Å². The number of aliphatic imine (C=N–C) groups is 1. The predicted molar refractivity (Wildman–Crippen MR) is 98.4 cm³/mol. The Hall–Kier alpha value is -2.63. The molecular formula is C19H25FN4O. The lowest BCUT2D eigenvalue weighted by molar-refractivity contribution is 0.461. The van der Waals surface area contributed by atoms with Crippen molar-refractivity contribution in [1.29, 1.82) is 0 Å². The molecule has 6 heteroatoms. The average molecular weight is 344 g/mol. The second-order valence-electron chi connectivity index (χ2n) is 6.03. The Kier molecular flexibility index (Phi) is 7.19. The minimum Gasteiger partial charge on any atom is -0.439 e. The summed E-state index contributed by atoms with van der Waals surface area (Å²) in [5.41, 5.74) is 0.980. The molecular weight excluding hydrogens is 319 g/mol. The van der Waals surface area contributed by atoms with E-state index in [1.54, 1.807) is 24.4 Å². The molecule has 1 aromatic carbocycles. The topological polar surface area (TPSA) is 58.5 Å². The molecule has 0 unspecified atom stereocenters. The Morgan fingerprint density at radius 3 is 2.52 bits per heavy atom. The first-order valence-electron chi connectivity index (χ1n) is 8.47. The summed E-state index contributed by atoms with van der Waals surface area (Å²) in [6.07, 6.45) is 1.73. The van der Waals surface area contributed by atoms with Gasteiger partial charge in [0.1, 0.15) is 11.6 Å². The number of pyridine rings is 1. The normalized spacial score (nSPS) is 11.5. The van der Waals surface area contributed by atoms with Gasteiger partial charge in [-0.2, -0.15) is 0 Å². The largest absolute Gasteiger partial charge is 0.439 e. The summed E-state index contributed by atoms with van der Waals surface area (Å²) < 4.78 is 18.5. The quantitative estimate of drug-likeness (QED) is 0.594. The molecule has 0 saturated heterocycles. The third-order valence-corrected chi connectivity index (χ3v) is 3.28. The van der Waals surface area contributed by atoms with E-state index in [4.69, 9.17) is 4.74 Å². The molecule has 1 aromatic heterocycles. The number of hydrogen-bond acceptors (Lipinski definition) is 3. The summed E-state index contributed by atoms with van der Waals surface area (Å²) in [6.45, 7) is 8.55. The Morgan fingerprint density at radius 1 is 1.16 bits per heavy atom. The van der Waals surface area contributed by atoms with E-state index in [-0.39, 0.29) is 5.82 Å². The lowest BCUT2D eigenvalue weighted by atomic mass is 10.2.